The van der Waals surface area contributed by atoms with Crippen molar-refractivity contribution in [1.82, 2.24) is 14.5 Å². The van der Waals surface area contributed by atoms with Crippen molar-refractivity contribution < 1.29 is 0 Å². The van der Waals surface area contributed by atoms with Gasteiger partial charge in [0.1, 0.15) is 5.52 Å². The minimum atomic E-state index is 0.682. The smallest absolute Gasteiger partial charge is 0.158 e. The van der Waals surface area contributed by atoms with E-state index in [1.807, 2.05) is 6.20 Å². The van der Waals surface area contributed by atoms with Crippen LogP contribution >= 0.6 is 0 Å². The maximum absolute atomic E-state index is 4.74. The molecule has 16 heavy (non-hydrogen) atoms. The van der Waals surface area contributed by atoms with Crippen molar-refractivity contribution in [2.24, 2.45) is 0 Å². The first-order chi connectivity index (χ1) is 7.92. The largest absolute Gasteiger partial charge is 0.328 e. The molecule has 3 nitrogen and oxygen atoms in total. The maximum Gasteiger partial charge on any atom is 0.158 e. The monoisotopic (exact) mass is 213 g/mol. The summed E-state index contributed by atoms with van der Waals surface area (Å²) >= 11 is 0. The molecule has 2 saturated carbocycles. The molecule has 0 spiro atoms. The van der Waals surface area contributed by atoms with E-state index in [2.05, 4.69) is 21.8 Å². The Labute approximate surface area is 94.5 Å². The Hall–Kier alpha value is -1.38. The molecule has 0 unspecified atom stereocenters. The molecule has 0 atom stereocenters. The van der Waals surface area contributed by atoms with Crippen molar-refractivity contribution in [3.63, 3.8) is 0 Å². The third kappa shape index (κ3) is 1.20. The lowest BCUT2D eigenvalue weighted by Crippen LogP contribution is -2.11. The van der Waals surface area contributed by atoms with Crippen LogP contribution in [0.25, 0.3) is 11.2 Å². The lowest BCUT2D eigenvalue weighted by Gasteiger charge is -2.24. The normalized spacial score (nSPS) is 21.2. The van der Waals surface area contributed by atoms with Crippen LogP contribution in [0.5, 0.6) is 0 Å². The molecule has 2 heterocycles. The summed E-state index contributed by atoms with van der Waals surface area (Å²) in [4.78, 5) is 9.35. The number of hydrogen-bond acceptors (Lipinski definition) is 2. The highest BCUT2D eigenvalue weighted by Crippen LogP contribution is 2.38. The summed E-state index contributed by atoms with van der Waals surface area (Å²) in [5.74, 6) is 0.682. The van der Waals surface area contributed by atoms with Crippen molar-refractivity contribution in [1.29, 1.82) is 0 Å². The van der Waals surface area contributed by atoms with Gasteiger partial charge in [0.15, 0.2) is 5.65 Å². The van der Waals surface area contributed by atoms with Crippen LogP contribution in [0.4, 0.5) is 0 Å². The molecular formula is C13H15N3. The van der Waals surface area contributed by atoms with E-state index in [1.54, 1.807) is 0 Å². The molecule has 0 aliphatic heterocycles. The predicted octanol–water partition coefficient (Wildman–Crippen LogP) is 3.03. The molecule has 82 valence electrons. The lowest BCUT2D eigenvalue weighted by molar-refractivity contribution is 0.411. The number of fused-ring (bicyclic) bond motifs is 1. The molecule has 0 N–H and O–H groups in total. The molecule has 0 amide bonds. The van der Waals surface area contributed by atoms with E-state index < -0.39 is 0 Å². The van der Waals surface area contributed by atoms with E-state index in [4.69, 9.17) is 4.98 Å². The topological polar surface area (TPSA) is 30.7 Å². The average molecular weight is 213 g/mol. The highest BCUT2D eigenvalue weighted by molar-refractivity contribution is 5.71. The molecule has 0 bridgehead atoms. The Balaban J connectivity index is 1.80. The van der Waals surface area contributed by atoms with Crippen LogP contribution in [0.3, 0.4) is 0 Å². The third-order valence-corrected chi connectivity index (χ3v) is 3.90. The van der Waals surface area contributed by atoms with Gasteiger partial charge in [-0.15, -0.1) is 0 Å². The maximum atomic E-state index is 4.74. The van der Waals surface area contributed by atoms with Gasteiger partial charge >= 0.3 is 0 Å². The Bertz CT molecular complexity index is 535. The van der Waals surface area contributed by atoms with E-state index in [-0.39, 0.29) is 0 Å². The Kier molecular flexibility index (Phi) is 1.67. The molecule has 4 rings (SSSR count). The molecule has 0 radical (unpaired) electrons. The Morgan fingerprint density at radius 1 is 1.19 bits per heavy atom. The van der Waals surface area contributed by atoms with Crippen LogP contribution in [0.2, 0.25) is 0 Å². The molecular weight excluding hydrogens is 198 g/mol. The molecule has 0 aromatic carbocycles. The Morgan fingerprint density at radius 3 is 2.75 bits per heavy atom. The fraction of sp³-hybridized carbons (Fsp3) is 0.538. The van der Waals surface area contributed by atoms with Gasteiger partial charge in [-0.2, -0.15) is 0 Å². The number of aromatic nitrogens is 3. The number of nitrogens with zero attached hydrogens (tertiary/aromatic N) is 3. The zero-order chi connectivity index (χ0) is 10.5. The van der Waals surface area contributed by atoms with Crippen LogP contribution in [0.15, 0.2) is 18.5 Å². The predicted molar refractivity (Wildman–Crippen MR) is 62.4 cm³/mol. The van der Waals surface area contributed by atoms with Gasteiger partial charge in [-0.1, -0.05) is 6.42 Å². The van der Waals surface area contributed by atoms with Crippen LogP contribution < -0.4 is 0 Å². The highest BCUT2D eigenvalue weighted by Gasteiger charge is 2.26. The van der Waals surface area contributed by atoms with Crippen molar-refractivity contribution >= 4 is 11.2 Å². The van der Waals surface area contributed by atoms with Gasteiger partial charge in [0.25, 0.3) is 0 Å². The zero-order valence-electron chi connectivity index (χ0n) is 9.26. The molecule has 2 aromatic heterocycles. The van der Waals surface area contributed by atoms with Gasteiger partial charge in [0.2, 0.25) is 0 Å². The van der Waals surface area contributed by atoms with Crippen molar-refractivity contribution in [2.75, 3.05) is 0 Å². The van der Waals surface area contributed by atoms with Crippen LogP contribution in [0.1, 0.15) is 49.8 Å². The zero-order valence-corrected chi connectivity index (χ0v) is 9.26. The molecule has 2 aromatic rings. The van der Waals surface area contributed by atoms with E-state index in [0.717, 1.165) is 11.2 Å². The lowest BCUT2D eigenvalue weighted by atomic mass is 9.83. The third-order valence-electron chi connectivity index (χ3n) is 3.90. The standard InChI is InChI=1S/C13H15N3/c1-2-9(3-1)12-8-14-13-11(15-12)6-7-16(13)10-4-5-10/h6-10H,1-5H2. The SMILES string of the molecule is c1nc2c(ccn2C2CC2)nc1C1CCC1. The van der Waals surface area contributed by atoms with E-state index in [9.17, 15) is 0 Å². The van der Waals surface area contributed by atoms with Gasteiger partial charge < -0.3 is 4.57 Å². The average Bonchev–Trinajstić information content (AvgIpc) is 2.97. The van der Waals surface area contributed by atoms with E-state index in [0.29, 0.717) is 12.0 Å². The van der Waals surface area contributed by atoms with Crippen molar-refractivity contribution in [2.45, 2.75) is 44.1 Å². The summed E-state index contributed by atoms with van der Waals surface area (Å²) in [5, 5.41) is 0. The first-order valence-corrected chi connectivity index (χ1v) is 6.25. The Morgan fingerprint density at radius 2 is 2.06 bits per heavy atom. The fourth-order valence-electron chi connectivity index (χ4n) is 2.49. The summed E-state index contributed by atoms with van der Waals surface area (Å²) in [6.45, 7) is 0. The van der Waals surface area contributed by atoms with Crippen molar-refractivity contribution in [3.05, 3.63) is 24.2 Å². The first kappa shape index (κ1) is 8.74. The second kappa shape index (κ2) is 3.06. The quantitative estimate of drug-likeness (QED) is 0.767. The summed E-state index contributed by atoms with van der Waals surface area (Å²) in [7, 11) is 0. The molecule has 3 heteroatoms. The van der Waals surface area contributed by atoms with Gasteiger partial charge in [0, 0.05) is 18.2 Å². The highest BCUT2D eigenvalue weighted by atomic mass is 15.1. The number of hydrogen-bond donors (Lipinski definition) is 0. The van der Waals surface area contributed by atoms with Crippen LogP contribution in [-0.2, 0) is 0 Å². The fourth-order valence-corrected chi connectivity index (χ4v) is 2.49. The van der Waals surface area contributed by atoms with Gasteiger partial charge in [-0.25, -0.2) is 9.97 Å². The van der Waals surface area contributed by atoms with Crippen LogP contribution in [-0.4, -0.2) is 14.5 Å². The minimum absolute atomic E-state index is 0.682. The van der Waals surface area contributed by atoms with Gasteiger partial charge in [0.05, 0.1) is 11.9 Å². The van der Waals surface area contributed by atoms with Gasteiger partial charge in [-0.3, -0.25) is 0 Å². The van der Waals surface area contributed by atoms with Gasteiger partial charge in [-0.05, 0) is 31.7 Å². The summed E-state index contributed by atoms with van der Waals surface area (Å²) in [6, 6.07) is 2.81. The molecule has 2 fully saturated rings. The van der Waals surface area contributed by atoms with E-state index >= 15 is 0 Å². The minimum Gasteiger partial charge on any atom is -0.328 e. The second-order valence-electron chi connectivity index (χ2n) is 5.09. The van der Waals surface area contributed by atoms with Crippen molar-refractivity contribution in [3.8, 4) is 0 Å². The number of rotatable bonds is 2. The summed E-state index contributed by atoms with van der Waals surface area (Å²) < 4.78 is 2.28. The van der Waals surface area contributed by atoms with E-state index in [1.165, 1.54) is 37.8 Å². The molecule has 2 aliphatic rings. The molecule has 2 aliphatic carbocycles. The summed E-state index contributed by atoms with van der Waals surface area (Å²) in [5.41, 5.74) is 3.36. The van der Waals surface area contributed by atoms with Crippen LogP contribution in [0, 0.1) is 0 Å². The molecule has 0 saturated heterocycles. The second-order valence-corrected chi connectivity index (χ2v) is 5.09. The first-order valence-electron chi connectivity index (χ1n) is 6.25. The summed E-state index contributed by atoms with van der Waals surface area (Å²) in [6.07, 6.45) is 10.7.